The van der Waals surface area contributed by atoms with Gasteiger partial charge in [-0.3, -0.25) is 19.2 Å². The van der Waals surface area contributed by atoms with E-state index in [1.165, 1.54) is 11.3 Å². The average Bonchev–Trinajstić information content (AvgIpc) is 2.94. The molecule has 38 heavy (non-hydrogen) atoms. The molecule has 198 valence electrons. The number of nitrogens with zero attached hydrogens (tertiary/aromatic N) is 4. The summed E-state index contributed by atoms with van der Waals surface area (Å²) >= 11 is 0. The number of hydrogen-bond acceptors (Lipinski definition) is 6. The zero-order valence-corrected chi connectivity index (χ0v) is 21.3. The maximum atomic E-state index is 13.4. The van der Waals surface area contributed by atoms with Crippen LogP contribution in [0.25, 0.3) is 10.9 Å². The first-order chi connectivity index (χ1) is 18.4. The van der Waals surface area contributed by atoms with Crippen LogP contribution in [-0.4, -0.2) is 72.4 Å². The maximum Gasteiger partial charge on any atom is 0.305 e. The van der Waals surface area contributed by atoms with E-state index in [1.54, 1.807) is 31.3 Å². The summed E-state index contributed by atoms with van der Waals surface area (Å²) < 4.78 is 0. The summed E-state index contributed by atoms with van der Waals surface area (Å²) in [7, 11) is 1.57. The molecular weight excluding hydrogens is 486 g/mol. The monoisotopic (exact) mass is 517 g/mol. The predicted molar refractivity (Wildman–Crippen MR) is 146 cm³/mol. The van der Waals surface area contributed by atoms with Gasteiger partial charge in [-0.15, -0.1) is 0 Å². The highest BCUT2D eigenvalue weighted by Crippen LogP contribution is 2.26. The summed E-state index contributed by atoms with van der Waals surface area (Å²) in [5.41, 5.74) is 2.45. The normalized spacial score (nSPS) is 13.1. The van der Waals surface area contributed by atoms with E-state index in [0.29, 0.717) is 23.3 Å². The average molecular weight is 518 g/mol. The number of aliphatic carboxylic acids is 1. The molecule has 1 aliphatic rings. The van der Waals surface area contributed by atoms with Gasteiger partial charge in [0.05, 0.1) is 24.0 Å². The molecule has 2 N–H and O–H groups in total. The van der Waals surface area contributed by atoms with Crippen LogP contribution in [0.5, 0.6) is 0 Å². The van der Waals surface area contributed by atoms with Crippen molar-refractivity contribution in [3.8, 4) is 0 Å². The van der Waals surface area contributed by atoms with Crippen molar-refractivity contribution in [1.82, 2.24) is 9.88 Å². The van der Waals surface area contributed by atoms with Crippen LogP contribution in [0.4, 0.5) is 17.2 Å². The summed E-state index contributed by atoms with van der Waals surface area (Å²) in [5.74, 6) is -0.860. The minimum atomic E-state index is -1.04. The number of carbonyl (C=O) groups is 4. The van der Waals surface area contributed by atoms with Crippen LogP contribution in [0.15, 0.2) is 54.6 Å². The fraction of sp³-hybridized carbons (Fsp3) is 0.321. The second-order valence-corrected chi connectivity index (χ2v) is 9.27. The van der Waals surface area contributed by atoms with Crippen molar-refractivity contribution in [2.24, 2.45) is 0 Å². The highest BCUT2D eigenvalue weighted by atomic mass is 16.4. The van der Waals surface area contributed by atoms with Crippen LogP contribution in [0.1, 0.15) is 36.0 Å². The molecule has 0 aliphatic carbocycles. The Kier molecular flexibility index (Phi) is 8.52. The van der Waals surface area contributed by atoms with Gasteiger partial charge in [-0.05, 0) is 55.7 Å². The van der Waals surface area contributed by atoms with E-state index in [0.717, 1.165) is 47.6 Å². The Morgan fingerprint density at radius 1 is 1.05 bits per heavy atom. The van der Waals surface area contributed by atoms with Gasteiger partial charge in [-0.1, -0.05) is 18.2 Å². The molecule has 0 spiro atoms. The van der Waals surface area contributed by atoms with Gasteiger partial charge in [-0.25, -0.2) is 4.98 Å². The van der Waals surface area contributed by atoms with E-state index < -0.39 is 5.97 Å². The number of amides is 3. The lowest BCUT2D eigenvalue weighted by molar-refractivity contribution is -0.138. The minimum absolute atomic E-state index is 0.0491. The number of nitrogens with one attached hydrogen (secondary N) is 1. The quantitative estimate of drug-likeness (QED) is 0.395. The van der Waals surface area contributed by atoms with Gasteiger partial charge in [0.2, 0.25) is 12.3 Å². The lowest BCUT2D eigenvalue weighted by Gasteiger charge is -2.28. The number of carboxylic acid groups (broad SMARTS) is 1. The molecule has 1 aliphatic heterocycles. The van der Waals surface area contributed by atoms with Gasteiger partial charge in [0.25, 0.3) is 5.91 Å². The van der Waals surface area contributed by atoms with Gasteiger partial charge in [0.15, 0.2) is 0 Å². The number of carboxylic acids is 1. The Morgan fingerprint density at radius 3 is 2.45 bits per heavy atom. The summed E-state index contributed by atoms with van der Waals surface area (Å²) in [4.78, 5) is 57.4. The van der Waals surface area contributed by atoms with E-state index >= 15 is 0 Å². The van der Waals surface area contributed by atoms with E-state index in [9.17, 15) is 19.2 Å². The molecule has 0 saturated carbocycles. The van der Waals surface area contributed by atoms with Crippen molar-refractivity contribution in [3.63, 3.8) is 0 Å². The number of pyridine rings is 1. The SMILES string of the molecule is CN(C(=O)CN(C=O)CCC(=O)O)c1ccc(NC(=O)c2cc(N3CCCCC3)nc3ccccc23)cc1. The third-order valence-electron chi connectivity index (χ3n) is 6.61. The molecule has 4 rings (SSSR count). The number of carbonyl (C=O) groups excluding carboxylic acids is 3. The molecule has 1 saturated heterocycles. The van der Waals surface area contributed by atoms with Crippen molar-refractivity contribution < 1.29 is 24.3 Å². The maximum absolute atomic E-state index is 13.4. The lowest BCUT2D eigenvalue weighted by Crippen LogP contribution is -2.38. The standard InChI is InChI=1S/C28H31N5O5/c1-31(26(35)18-32(19-34)16-13-27(36)37)21-11-9-20(10-12-21)29-28(38)23-17-25(33-14-5-2-6-15-33)30-24-8-4-3-7-22(23)24/h3-4,7-12,17,19H,2,5-6,13-16,18H2,1H3,(H,29,38)(H,36,37). The van der Waals surface area contributed by atoms with Crippen LogP contribution in [-0.2, 0) is 14.4 Å². The third-order valence-corrected chi connectivity index (χ3v) is 6.61. The molecule has 0 unspecified atom stereocenters. The number of anilines is 3. The zero-order chi connectivity index (χ0) is 27.1. The van der Waals surface area contributed by atoms with E-state index in [-0.39, 0.29) is 31.3 Å². The fourth-order valence-electron chi connectivity index (χ4n) is 4.43. The summed E-state index contributed by atoms with van der Waals surface area (Å²) in [5, 5.41) is 12.5. The first-order valence-corrected chi connectivity index (χ1v) is 12.6. The van der Waals surface area contributed by atoms with Crippen molar-refractivity contribution in [2.45, 2.75) is 25.7 Å². The number of rotatable bonds is 10. The fourth-order valence-corrected chi connectivity index (χ4v) is 4.43. The van der Waals surface area contributed by atoms with E-state index in [1.807, 2.05) is 30.3 Å². The summed E-state index contributed by atoms with van der Waals surface area (Å²) in [6.45, 7) is 1.56. The number of para-hydroxylation sites is 1. The van der Waals surface area contributed by atoms with E-state index in [2.05, 4.69) is 10.2 Å². The predicted octanol–water partition coefficient (Wildman–Crippen LogP) is 3.37. The van der Waals surface area contributed by atoms with Crippen LogP contribution in [0.2, 0.25) is 0 Å². The van der Waals surface area contributed by atoms with Crippen LogP contribution < -0.4 is 15.1 Å². The molecule has 10 nitrogen and oxygen atoms in total. The molecule has 3 amide bonds. The molecule has 0 atom stereocenters. The molecule has 3 aromatic rings. The van der Waals surface area contributed by atoms with Gasteiger partial charge in [0.1, 0.15) is 5.82 Å². The van der Waals surface area contributed by atoms with Crippen molar-refractivity contribution in [1.29, 1.82) is 0 Å². The third kappa shape index (κ3) is 6.44. The largest absolute Gasteiger partial charge is 0.481 e. The molecule has 10 heteroatoms. The first kappa shape index (κ1) is 26.6. The smallest absolute Gasteiger partial charge is 0.305 e. The van der Waals surface area contributed by atoms with E-state index in [4.69, 9.17) is 10.1 Å². The highest BCUT2D eigenvalue weighted by Gasteiger charge is 2.19. The molecule has 0 bridgehead atoms. The molecule has 0 radical (unpaired) electrons. The zero-order valence-electron chi connectivity index (χ0n) is 21.3. The molecule has 2 aromatic carbocycles. The van der Waals surface area contributed by atoms with Gasteiger partial charge >= 0.3 is 5.97 Å². The second kappa shape index (κ2) is 12.2. The number of aromatic nitrogens is 1. The summed E-state index contributed by atoms with van der Waals surface area (Å²) in [6.07, 6.45) is 3.64. The second-order valence-electron chi connectivity index (χ2n) is 9.27. The van der Waals surface area contributed by atoms with Crippen LogP contribution >= 0.6 is 0 Å². The molecule has 1 fully saturated rings. The number of piperidine rings is 1. The molecule has 1 aromatic heterocycles. The van der Waals surface area contributed by atoms with Gasteiger partial charge < -0.3 is 25.1 Å². The summed E-state index contributed by atoms with van der Waals surface area (Å²) in [6, 6.07) is 16.2. The van der Waals surface area contributed by atoms with Crippen LogP contribution in [0.3, 0.4) is 0 Å². The first-order valence-electron chi connectivity index (χ1n) is 12.6. The molecular formula is C28H31N5O5. The molecule has 2 heterocycles. The lowest BCUT2D eigenvalue weighted by atomic mass is 10.1. The Balaban J connectivity index is 1.46. The number of benzene rings is 2. The van der Waals surface area contributed by atoms with Gasteiger partial charge in [-0.2, -0.15) is 0 Å². The number of fused-ring (bicyclic) bond motifs is 1. The number of likely N-dealkylation sites (N-methyl/N-ethyl adjacent to an activating group) is 1. The Hall–Kier alpha value is -4.47. The minimum Gasteiger partial charge on any atom is -0.481 e. The van der Waals surface area contributed by atoms with Crippen molar-refractivity contribution >= 4 is 52.3 Å². The Morgan fingerprint density at radius 2 is 1.76 bits per heavy atom. The Labute approximate surface area is 220 Å². The topological polar surface area (TPSA) is 123 Å². The number of hydrogen-bond donors (Lipinski definition) is 2. The van der Waals surface area contributed by atoms with Crippen molar-refractivity contribution in [3.05, 3.63) is 60.2 Å². The Bertz CT molecular complexity index is 1320. The van der Waals surface area contributed by atoms with Gasteiger partial charge in [0, 0.05) is 43.4 Å². The highest BCUT2D eigenvalue weighted by molar-refractivity contribution is 6.13. The van der Waals surface area contributed by atoms with Crippen molar-refractivity contribution in [2.75, 3.05) is 48.3 Å². The van der Waals surface area contributed by atoms with Crippen LogP contribution in [0, 0.1) is 0 Å².